The first kappa shape index (κ1) is 15.3. The molecule has 1 saturated heterocycles. The minimum absolute atomic E-state index is 0.108. The van der Waals surface area contributed by atoms with Crippen molar-refractivity contribution in [3.8, 4) is 5.75 Å². The summed E-state index contributed by atoms with van der Waals surface area (Å²) in [4.78, 5) is 30.2. The van der Waals surface area contributed by atoms with E-state index in [4.69, 9.17) is 10.5 Å². The van der Waals surface area contributed by atoms with Crippen molar-refractivity contribution in [1.29, 1.82) is 0 Å². The van der Waals surface area contributed by atoms with Crippen LogP contribution in [-0.4, -0.2) is 41.9 Å². The first-order chi connectivity index (χ1) is 11.0. The number of pyridine rings is 1. The number of aromatic nitrogens is 1. The number of rotatable bonds is 3. The molecule has 0 bridgehead atoms. The lowest BCUT2D eigenvalue weighted by atomic mass is 10.1. The van der Waals surface area contributed by atoms with Crippen molar-refractivity contribution in [2.45, 2.75) is 13.3 Å². The summed E-state index contributed by atoms with van der Waals surface area (Å²) >= 11 is 0. The summed E-state index contributed by atoms with van der Waals surface area (Å²) in [6, 6.07) is 7.40. The SMILES string of the molecule is COc1ccc2nc(C)c(C(=O)N3CCC(C(N)=O)C3)cc2c1. The fraction of sp³-hybridized carbons (Fsp3) is 0.353. The molecule has 2 amide bonds. The van der Waals surface area contributed by atoms with Gasteiger partial charge in [0.1, 0.15) is 5.75 Å². The van der Waals surface area contributed by atoms with E-state index in [1.807, 2.05) is 31.2 Å². The summed E-state index contributed by atoms with van der Waals surface area (Å²) in [5, 5.41) is 0.851. The third-order valence-electron chi connectivity index (χ3n) is 4.32. The Morgan fingerprint density at radius 1 is 1.35 bits per heavy atom. The van der Waals surface area contributed by atoms with Gasteiger partial charge in [-0.15, -0.1) is 0 Å². The average Bonchev–Trinajstić information content (AvgIpc) is 3.03. The Hall–Kier alpha value is -2.63. The zero-order chi connectivity index (χ0) is 16.6. The molecule has 2 aromatic rings. The van der Waals surface area contributed by atoms with Gasteiger partial charge in [-0.05, 0) is 37.6 Å². The average molecular weight is 313 g/mol. The number of nitrogens with two attached hydrogens (primary N) is 1. The maximum atomic E-state index is 12.7. The summed E-state index contributed by atoms with van der Waals surface area (Å²) in [5.74, 6) is 0.00569. The summed E-state index contributed by atoms with van der Waals surface area (Å²) in [7, 11) is 1.60. The second kappa shape index (κ2) is 5.87. The highest BCUT2D eigenvalue weighted by Crippen LogP contribution is 2.24. The molecule has 3 rings (SSSR count). The molecule has 1 aromatic heterocycles. The molecule has 1 aromatic carbocycles. The van der Waals surface area contributed by atoms with E-state index in [0.717, 1.165) is 16.7 Å². The smallest absolute Gasteiger partial charge is 0.255 e. The summed E-state index contributed by atoms with van der Waals surface area (Å²) in [6.07, 6.45) is 0.620. The number of amides is 2. The molecule has 0 spiro atoms. The molecule has 2 N–H and O–H groups in total. The van der Waals surface area contributed by atoms with Gasteiger partial charge >= 0.3 is 0 Å². The van der Waals surface area contributed by atoms with Gasteiger partial charge in [-0.25, -0.2) is 0 Å². The van der Waals surface area contributed by atoms with Crippen LogP contribution in [0.2, 0.25) is 0 Å². The van der Waals surface area contributed by atoms with Crippen LogP contribution in [-0.2, 0) is 4.79 Å². The molecule has 6 nitrogen and oxygen atoms in total. The highest BCUT2D eigenvalue weighted by Gasteiger charge is 2.31. The van der Waals surface area contributed by atoms with Crippen LogP contribution in [0.1, 0.15) is 22.5 Å². The second-order valence-corrected chi connectivity index (χ2v) is 5.82. The lowest BCUT2D eigenvalue weighted by Crippen LogP contribution is -2.32. The van der Waals surface area contributed by atoms with Crippen molar-refractivity contribution in [2.75, 3.05) is 20.2 Å². The van der Waals surface area contributed by atoms with E-state index in [9.17, 15) is 9.59 Å². The van der Waals surface area contributed by atoms with Gasteiger partial charge < -0.3 is 15.4 Å². The number of carbonyl (C=O) groups excluding carboxylic acids is 2. The van der Waals surface area contributed by atoms with E-state index in [-0.39, 0.29) is 17.7 Å². The molecule has 120 valence electrons. The van der Waals surface area contributed by atoms with Crippen LogP contribution in [0.5, 0.6) is 5.75 Å². The number of benzene rings is 1. The van der Waals surface area contributed by atoms with E-state index in [1.54, 1.807) is 12.0 Å². The molecule has 2 heterocycles. The zero-order valence-electron chi connectivity index (χ0n) is 13.2. The van der Waals surface area contributed by atoms with Gasteiger partial charge in [0.15, 0.2) is 0 Å². The third kappa shape index (κ3) is 2.84. The Labute approximate surface area is 134 Å². The van der Waals surface area contributed by atoms with Crippen LogP contribution < -0.4 is 10.5 Å². The molecule has 0 radical (unpaired) electrons. The fourth-order valence-electron chi connectivity index (χ4n) is 2.94. The Kier molecular flexibility index (Phi) is 3.90. The first-order valence-corrected chi connectivity index (χ1v) is 7.53. The summed E-state index contributed by atoms with van der Waals surface area (Å²) in [5.41, 5.74) is 7.38. The quantitative estimate of drug-likeness (QED) is 0.930. The maximum absolute atomic E-state index is 12.7. The van der Waals surface area contributed by atoms with Gasteiger partial charge in [0.2, 0.25) is 5.91 Å². The van der Waals surface area contributed by atoms with Crippen molar-refractivity contribution in [1.82, 2.24) is 9.88 Å². The van der Waals surface area contributed by atoms with Crippen molar-refractivity contribution in [3.05, 3.63) is 35.5 Å². The van der Waals surface area contributed by atoms with Gasteiger partial charge in [0.05, 0.1) is 29.8 Å². The fourth-order valence-corrected chi connectivity index (χ4v) is 2.94. The lowest BCUT2D eigenvalue weighted by molar-refractivity contribution is -0.121. The normalized spacial score (nSPS) is 17.5. The molecular formula is C17H19N3O3. The standard InChI is InChI=1S/C17H19N3O3/c1-10-14(17(22)20-6-5-11(9-20)16(18)21)8-12-7-13(23-2)3-4-15(12)19-10/h3-4,7-8,11H,5-6,9H2,1-2H3,(H2,18,21). The lowest BCUT2D eigenvalue weighted by Gasteiger charge is -2.17. The van der Waals surface area contributed by atoms with Crippen molar-refractivity contribution < 1.29 is 14.3 Å². The van der Waals surface area contributed by atoms with Crippen LogP contribution in [0.3, 0.4) is 0 Å². The zero-order valence-corrected chi connectivity index (χ0v) is 13.2. The molecule has 1 unspecified atom stereocenters. The Morgan fingerprint density at radius 3 is 2.78 bits per heavy atom. The number of hydrogen-bond donors (Lipinski definition) is 1. The van der Waals surface area contributed by atoms with E-state index >= 15 is 0 Å². The number of aryl methyl sites for hydroxylation is 1. The van der Waals surface area contributed by atoms with Gasteiger partial charge in [0, 0.05) is 18.5 Å². The largest absolute Gasteiger partial charge is 0.497 e. The van der Waals surface area contributed by atoms with E-state index < -0.39 is 0 Å². The highest BCUT2D eigenvalue weighted by molar-refractivity contribution is 5.99. The van der Waals surface area contributed by atoms with Gasteiger partial charge in [-0.3, -0.25) is 14.6 Å². The number of fused-ring (bicyclic) bond motifs is 1. The van der Waals surface area contributed by atoms with Crippen LogP contribution in [0.15, 0.2) is 24.3 Å². The van der Waals surface area contributed by atoms with Crippen molar-refractivity contribution in [3.63, 3.8) is 0 Å². The van der Waals surface area contributed by atoms with Crippen molar-refractivity contribution >= 4 is 22.7 Å². The Balaban J connectivity index is 1.94. The van der Waals surface area contributed by atoms with Crippen LogP contribution in [0.25, 0.3) is 10.9 Å². The molecule has 23 heavy (non-hydrogen) atoms. The second-order valence-electron chi connectivity index (χ2n) is 5.82. The third-order valence-corrected chi connectivity index (χ3v) is 4.32. The van der Waals surface area contributed by atoms with Gasteiger partial charge in [-0.1, -0.05) is 0 Å². The van der Waals surface area contributed by atoms with Crippen LogP contribution in [0.4, 0.5) is 0 Å². The van der Waals surface area contributed by atoms with Gasteiger partial charge in [0.25, 0.3) is 5.91 Å². The molecule has 0 aliphatic carbocycles. The predicted molar refractivity (Wildman–Crippen MR) is 86.2 cm³/mol. The number of hydrogen-bond acceptors (Lipinski definition) is 4. The number of carbonyl (C=O) groups is 2. The van der Waals surface area contributed by atoms with E-state index in [2.05, 4.69) is 4.98 Å². The molecule has 1 fully saturated rings. The van der Waals surface area contributed by atoms with E-state index in [0.29, 0.717) is 30.8 Å². The maximum Gasteiger partial charge on any atom is 0.255 e. The molecular weight excluding hydrogens is 294 g/mol. The number of methoxy groups -OCH3 is 1. The topological polar surface area (TPSA) is 85.5 Å². The minimum atomic E-state index is -0.349. The number of likely N-dealkylation sites (tertiary alicyclic amines) is 1. The first-order valence-electron chi connectivity index (χ1n) is 7.53. The Morgan fingerprint density at radius 2 is 2.13 bits per heavy atom. The highest BCUT2D eigenvalue weighted by atomic mass is 16.5. The molecule has 1 atom stereocenters. The monoisotopic (exact) mass is 313 g/mol. The predicted octanol–water partition coefficient (Wildman–Crippen LogP) is 1.50. The van der Waals surface area contributed by atoms with Crippen LogP contribution in [0, 0.1) is 12.8 Å². The molecule has 1 aliphatic heterocycles. The minimum Gasteiger partial charge on any atom is -0.497 e. The van der Waals surface area contributed by atoms with Crippen LogP contribution >= 0.6 is 0 Å². The number of ether oxygens (including phenoxy) is 1. The summed E-state index contributed by atoms with van der Waals surface area (Å²) < 4.78 is 5.22. The van der Waals surface area contributed by atoms with E-state index in [1.165, 1.54) is 0 Å². The van der Waals surface area contributed by atoms with Crippen molar-refractivity contribution in [2.24, 2.45) is 11.7 Å². The Bertz CT molecular complexity index is 788. The molecule has 0 saturated carbocycles. The molecule has 1 aliphatic rings. The van der Waals surface area contributed by atoms with Gasteiger partial charge in [-0.2, -0.15) is 0 Å². The summed E-state index contributed by atoms with van der Waals surface area (Å²) in [6.45, 7) is 2.74. The molecule has 6 heteroatoms. The number of primary amides is 1. The number of nitrogens with zero attached hydrogens (tertiary/aromatic N) is 2.